The van der Waals surface area contributed by atoms with Crippen molar-refractivity contribution in [2.45, 2.75) is 63.4 Å². The largest absolute Gasteiger partial charge is 0.487 e. The van der Waals surface area contributed by atoms with Gasteiger partial charge in [0.1, 0.15) is 5.82 Å². The van der Waals surface area contributed by atoms with Gasteiger partial charge in [0.2, 0.25) is 0 Å². The van der Waals surface area contributed by atoms with Crippen molar-refractivity contribution in [1.29, 1.82) is 0 Å². The van der Waals surface area contributed by atoms with Crippen LogP contribution in [0, 0.1) is 5.82 Å². The Bertz CT molecular complexity index is 1100. The number of ether oxygens (including phenoxy) is 2. The number of likely N-dealkylation sites (tertiary alicyclic amines) is 1. The summed E-state index contributed by atoms with van der Waals surface area (Å²) in [5, 5.41) is 0. The van der Waals surface area contributed by atoms with E-state index >= 15 is 0 Å². The second-order valence-electron chi connectivity index (χ2n) is 9.34. The smallest absolute Gasteiger partial charge is 0.387 e. The van der Waals surface area contributed by atoms with E-state index < -0.39 is 12.2 Å². The number of hydrogen-bond acceptors (Lipinski definition) is 4. The first-order valence-corrected chi connectivity index (χ1v) is 11.6. The maximum atomic E-state index is 13.9. The maximum absolute atomic E-state index is 13.9. The van der Waals surface area contributed by atoms with Crippen LogP contribution in [0.2, 0.25) is 0 Å². The molecule has 1 saturated heterocycles. The molecule has 2 aromatic carbocycles. The van der Waals surface area contributed by atoms with Crippen LogP contribution in [0.1, 0.15) is 38.2 Å². The third-order valence-corrected chi connectivity index (χ3v) is 6.80. The van der Waals surface area contributed by atoms with Crippen LogP contribution < -0.4 is 14.4 Å². The number of alkyl halides is 2. The lowest BCUT2D eigenvalue weighted by Gasteiger charge is -2.47. The predicted octanol–water partition coefficient (Wildman–Crippen LogP) is 5.29. The van der Waals surface area contributed by atoms with E-state index in [-0.39, 0.29) is 29.6 Å². The van der Waals surface area contributed by atoms with Crippen LogP contribution in [0.15, 0.2) is 54.6 Å². The number of anilines is 1. The summed E-state index contributed by atoms with van der Waals surface area (Å²) in [6.07, 6.45) is 6.82. The van der Waals surface area contributed by atoms with E-state index in [1.807, 2.05) is 6.08 Å². The monoisotopic (exact) mass is 472 g/mol. The van der Waals surface area contributed by atoms with Gasteiger partial charge in [-0.1, -0.05) is 18.2 Å². The summed E-state index contributed by atoms with van der Waals surface area (Å²) in [6.45, 7) is 0.537. The Labute approximate surface area is 196 Å². The molecule has 2 aromatic rings. The number of halogens is 3. The fourth-order valence-corrected chi connectivity index (χ4v) is 5.02. The number of rotatable bonds is 7. The van der Waals surface area contributed by atoms with Gasteiger partial charge in [-0.05, 0) is 68.5 Å². The molecule has 0 N–H and O–H groups in total. The molecule has 180 valence electrons. The molecule has 2 fully saturated rings. The molecule has 3 aliphatic rings. The van der Waals surface area contributed by atoms with Crippen molar-refractivity contribution in [1.82, 2.24) is 4.90 Å². The zero-order valence-corrected chi connectivity index (χ0v) is 18.9. The van der Waals surface area contributed by atoms with Crippen LogP contribution in [-0.2, 0) is 11.3 Å². The van der Waals surface area contributed by atoms with Crippen LogP contribution in [0.3, 0.4) is 0 Å². The average Bonchev–Trinajstić information content (AvgIpc) is 3.54. The van der Waals surface area contributed by atoms with Crippen molar-refractivity contribution in [3.63, 3.8) is 0 Å². The summed E-state index contributed by atoms with van der Waals surface area (Å²) in [5.41, 5.74) is 1.02. The number of carbonyl (C=O) groups is 1. The summed E-state index contributed by atoms with van der Waals surface area (Å²) in [6, 6.07) is 11.4. The molecule has 1 saturated carbocycles. The molecule has 0 unspecified atom stereocenters. The number of carbonyl (C=O) groups excluding carboxylic acids is 1. The fourth-order valence-electron chi connectivity index (χ4n) is 5.02. The molecule has 0 bridgehead atoms. The van der Waals surface area contributed by atoms with E-state index in [1.165, 1.54) is 12.1 Å². The second-order valence-corrected chi connectivity index (χ2v) is 9.34. The lowest BCUT2D eigenvalue weighted by Crippen LogP contribution is -2.56. The number of amides is 1. The lowest BCUT2D eigenvalue weighted by molar-refractivity contribution is -0.114. The number of benzene rings is 2. The molecule has 1 amide bonds. The Hall–Kier alpha value is -3.00. The molecule has 2 aliphatic heterocycles. The lowest BCUT2D eigenvalue weighted by atomic mass is 9.82. The first-order chi connectivity index (χ1) is 16.3. The minimum atomic E-state index is -2.91. The summed E-state index contributed by atoms with van der Waals surface area (Å²) < 4.78 is 49.9. The molecule has 8 heteroatoms. The van der Waals surface area contributed by atoms with Gasteiger partial charge in [0, 0.05) is 30.9 Å². The van der Waals surface area contributed by atoms with Gasteiger partial charge in [-0.2, -0.15) is 8.78 Å². The van der Waals surface area contributed by atoms with Crippen LogP contribution in [-0.4, -0.2) is 41.6 Å². The number of hydrogen-bond donors (Lipinski definition) is 0. The highest BCUT2D eigenvalue weighted by Crippen LogP contribution is 2.41. The highest BCUT2D eigenvalue weighted by Gasteiger charge is 2.46. The Morgan fingerprint density at radius 3 is 2.68 bits per heavy atom. The van der Waals surface area contributed by atoms with Crippen molar-refractivity contribution in [2.75, 3.05) is 11.4 Å². The first-order valence-electron chi connectivity index (χ1n) is 11.6. The molecular weight excluding hydrogens is 445 g/mol. The van der Waals surface area contributed by atoms with Crippen molar-refractivity contribution < 1.29 is 27.4 Å². The van der Waals surface area contributed by atoms with Crippen molar-refractivity contribution in [3.8, 4) is 11.5 Å². The van der Waals surface area contributed by atoms with Crippen LogP contribution in [0.25, 0.3) is 0 Å². The predicted molar refractivity (Wildman–Crippen MR) is 122 cm³/mol. The van der Waals surface area contributed by atoms with E-state index in [4.69, 9.17) is 4.74 Å². The van der Waals surface area contributed by atoms with Crippen LogP contribution >= 0.6 is 0 Å². The SMILES string of the molecule is C[C@@H]1C[C@]2(C=CC(=O)N2c2cccc(F)c2)CCN1Cc1ccc(OC(F)F)c(OC2CC2)c1. The van der Waals surface area contributed by atoms with E-state index in [2.05, 4.69) is 16.6 Å². The number of piperidine rings is 1. The van der Waals surface area contributed by atoms with Crippen molar-refractivity contribution in [2.24, 2.45) is 0 Å². The molecule has 2 heterocycles. The third-order valence-electron chi connectivity index (χ3n) is 6.80. The Morgan fingerprint density at radius 1 is 1.15 bits per heavy atom. The molecular formula is C26H27F3N2O3. The minimum absolute atomic E-state index is 0.0524. The Morgan fingerprint density at radius 2 is 1.97 bits per heavy atom. The van der Waals surface area contributed by atoms with Crippen LogP contribution in [0.5, 0.6) is 11.5 Å². The highest BCUT2D eigenvalue weighted by atomic mass is 19.3. The van der Waals surface area contributed by atoms with Gasteiger partial charge in [-0.25, -0.2) is 4.39 Å². The molecule has 34 heavy (non-hydrogen) atoms. The zero-order chi connectivity index (χ0) is 23.9. The van der Waals surface area contributed by atoms with Gasteiger partial charge >= 0.3 is 6.61 Å². The molecule has 1 aliphatic carbocycles. The molecule has 5 rings (SSSR count). The molecule has 5 nitrogen and oxygen atoms in total. The van der Waals surface area contributed by atoms with Crippen molar-refractivity contribution in [3.05, 3.63) is 66.0 Å². The molecule has 1 spiro atoms. The van der Waals surface area contributed by atoms with Gasteiger partial charge in [0.25, 0.3) is 5.91 Å². The average molecular weight is 473 g/mol. The Balaban J connectivity index is 1.31. The maximum Gasteiger partial charge on any atom is 0.387 e. The summed E-state index contributed by atoms with van der Waals surface area (Å²) >= 11 is 0. The van der Waals surface area contributed by atoms with Gasteiger partial charge in [-0.15, -0.1) is 0 Å². The molecule has 0 radical (unpaired) electrons. The summed E-state index contributed by atoms with van der Waals surface area (Å²) in [7, 11) is 0. The van der Waals surface area contributed by atoms with Gasteiger partial charge in [0.15, 0.2) is 11.5 Å². The summed E-state index contributed by atoms with van der Waals surface area (Å²) in [5.74, 6) is -0.108. The third kappa shape index (κ3) is 4.64. The van der Waals surface area contributed by atoms with Crippen molar-refractivity contribution >= 4 is 11.6 Å². The molecule has 0 aromatic heterocycles. The number of nitrogens with zero attached hydrogens (tertiary/aromatic N) is 2. The Kier molecular flexibility index (Phi) is 6.02. The zero-order valence-electron chi connectivity index (χ0n) is 18.9. The highest BCUT2D eigenvalue weighted by molar-refractivity contribution is 6.06. The first kappa shape index (κ1) is 22.8. The second kappa shape index (κ2) is 8.98. The summed E-state index contributed by atoms with van der Waals surface area (Å²) in [4.78, 5) is 16.7. The standard InChI is InChI=1S/C26H27F3N2O3/c1-17-15-26(10-9-24(32)31(26)20-4-2-3-19(27)14-20)11-12-30(17)16-18-5-8-22(34-25(28)29)23(13-18)33-21-6-7-21/h2-5,8-10,13-14,17,21,25H,6-7,11-12,15-16H2,1H3/t17-,26+/m1/s1. The topological polar surface area (TPSA) is 42.0 Å². The van der Waals surface area contributed by atoms with E-state index in [1.54, 1.807) is 41.3 Å². The van der Waals surface area contributed by atoms with Crippen LogP contribution in [0.4, 0.5) is 18.9 Å². The quantitative estimate of drug-likeness (QED) is 0.549. The van der Waals surface area contributed by atoms with Gasteiger partial charge in [-0.3, -0.25) is 14.6 Å². The van der Waals surface area contributed by atoms with Gasteiger partial charge < -0.3 is 9.47 Å². The normalized spacial score (nSPS) is 24.9. The molecule has 2 atom stereocenters. The van der Waals surface area contributed by atoms with E-state index in [0.717, 1.165) is 24.9 Å². The minimum Gasteiger partial charge on any atom is -0.487 e. The van der Waals surface area contributed by atoms with E-state index in [0.29, 0.717) is 30.8 Å². The van der Waals surface area contributed by atoms with Gasteiger partial charge in [0.05, 0.1) is 11.6 Å². The fraction of sp³-hybridized carbons (Fsp3) is 0.423. The van der Waals surface area contributed by atoms with E-state index in [9.17, 15) is 18.0 Å².